The van der Waals surface area contributed by atoms with Gasteiger partial charge in [-0.2, -0.15) is 0 Å². The van der Waals surface area contributed by atoms with Crippen molar-refractivity contribution in [2.45, 2.75) is 26.3 Å². The SMILES string of the molecule is CCc1ccccc1C(NN)c1cc2cccc(C)c2o1. The van der Waals surface area contributed by atoms with Gasteiger partial charge in [0.2, 0.25) is 0 Å². The lowest BCUT2D eigenvalue weighted by Crippen LogP contribution is -2.29. The van der Waals surface area contributed by atoms with E-state index in [-0.39, 0.29) is 6.04 Å². The maximum absolute atomic E-state index is 6.06. The molecule has 3 nitrogen and oxygen atoms in total. The van der Waals surface area contributed by atoms with Crippen molar-refractivity contribution in [2.75, 3.05) is 0 Å². The first-order valence-corrected chi connectivity index (χ1v) is 7.27. The summed E-state index contributed by atoms with van der Waals surface area (Å²) in [7, 11) is 0. The number of nitrogens with two attached hydrogens (primary N) is 1. The third-order valence-corrected chi connectivity index (χ3v) is 3.96. The maximum atomic E-state index is 6.06. The molecule has 21 heavy (non-hydrogen) atoms. The van der Waals surface area contributed by atoms with E-state index in [1.807, 2.05) is 12.1 Å². The number of aryl methyl sites for hydroxylation is 2. The Morgan fingerprint density at radius 3 is 2.67 bits per heavy atom. The Balaban J connectivity index is 2.12. The van der Waals surface area contributed by atoms with Crippen LogP contribution < -0.4 is 11.3 Å². The highest BCUT2D eigenvalue weighted by Crippen LogP contribution is 2.31. The number of rotatable bonds is 4. The summed E-state index contributed by atoms with van der Waals surface area (Å²) in [4.78, 5) is 0. The number of para-hydroxylation sites is 1. The molecule has 108 valence electrons. The van der Waals surface area contributed by atoms with Crippen LogP contribution in [-0.4, -0.2) is 0 Å². The molecule has 0 bridgehead atoms. The number of hydrogen-bond donors (Lipinski definition) is 2. The first-order valence-electron chi connectivity index (χ1n) is 7.27. The third-order valence-electron chi connectivity index (χ3n) is 3.96. The Morgan fingerprint density at radius 2 is 1.95 bits per heavy atom. The molecule has 0 aliphatic carbocycles. The molecule has 3 N–H and O–H groups in total. The number of benzene rings is 2. The standard InChI is InChI=1S/C18H20N2O/c1-3-13-8-4-5-10-15(13)17(20-19)16-11-14-9-6-7-12(2)18(14)21-16/h4-11,17,20H,3,19H2,1-2H3. The summed E-state index contributed by atoms with van der Waals surface area (Å²) in [5, 5.41) is 1.11. The monoisotopic (exact) mass is 280 g/mol. The Morgan fingerprint density at radius 1 is 1.14 bits per heavy atom. The molecule has 0 spiro atoms. The molecule has 0 aliphatic heterocycles. The predicted octanol–water partition coefficient (Wildman–Crippen LogP) is 3.86. The van der Waals surface area contributed by atoms with Crippen molar-refractivity contribution in [3.05, 3.63) is 71.0 Å². The van der Waals surface area contributed by atoms with E-state index >= 15 is 0 Å². The van der Waals surface area contributed by atoms with Gasteiger partial charge in [-0.15, -0.1) is 0 Å². The highest BCUT2D eigenvalue weighted by Gasteiger charge is 2.19. The van der Waals surface area contributed by atoms with Gasteiger partial charge in [-0.05, 0) is 36.1 Å². The van der Waals surface area contributed by atoms with Crippen molar-refractivity contribution in [3.8, 4) is 0 Å². The van der Waals surface area contributed by atoms with Crippen LogP contribution in [0.5, 0.6) is 0 Å². The minimum absolute atomic E-state index is 0.132. The molecule has 3 aromatic rings. The van der Waals surface area contributed by atoms with E-state index in [0.29, 0.717) is 0 Å². The smallest absolute Gasteiger partial charge is 0.137 e. The van der Waals surface area contributed by atoms with Crippen LogP contribution in [0.25, 0.3) is 11.0 Å². The maximum Gasteiger partial charge on any atom is 0.137 e. The number of fused-ring (bicyclic) bond motifs is 1. The fraction of sp³-hybridized carbons (Fsp3) is 0.222. The first-order chi connectivity index (χ1) is 10.2. The summed E-state index contributed by atoms with van der Waals surface area (Å²) in [6.45, 7) is 4.20. The van der Waals surface area contributed by atoms with E-state index < -0.39 is 0 Å². The van der Waals surface area contributed by atoms with Crippen LogP contribution in [-0.2, 0) is 6.42 Å². The first kappa shape index (κ1) is 13.9. The number of nitrogens with one attached hydrogen (secondary N) is 1. The van der Waals surface area contributed by atoms with Crippen LogP contribution >= 0.6 is 0 Å². The Hall–Kier alpha value is -2.10. The second-order valence-electron chi connectivity index (χ2n) is 5.29. The molecular weight excluding hydrogens is 260 g/mol. The summed E-state index contributed by atoms with van der Waals surface area (Å²) in [5.41, 5.74) is 7.41. The van der Waals surface area contributed by atoms with E-state index in [9.17, 15) is 0 Å². The average molecular weight is 280 g/mol. The highest BCUT2D eigenvalue weighted by atomic mass is 16.3. The zero-order chi connectivity index (χ0) is 14.8. The van der Waals surface area contributed by atoms with Gasteiger partial charge < -0.3 is 4.42 Å². The van der Waals surface area contributed by atoms with E-state index in [1.165, 1.54) is 11.1 Å². The molecule has 1 heterocycles. The fourth-order valence-electron chi connectivity index (χ4n) is 2.83. The Kier molecular flexibility index (Phi) is 3.78. The third kappa shape index (κ3) is 2.46. The van der Waals surface area contributed by atoms with Crippen molar-refractivity contribution in [2.24, 2.45) is 5.84 Å². The van der Waals surface area contributed by atoms with Gasteiger partial charge in [0.05, 0.1) is 0 Å². The Bertz CT molecular complexity index is 761. The second kappa shape index (κ2) is 5.72. The molecule has 0 fully saturated rings. The molecule has 1 unspecified atom stereocenters. The summed E-state index contributed by atoms with van der Waals surface area (Å²) in [6.07, 6.45) is 0.966. The zero-order valence-electron chi connectivity index (χ0n) is 12.4. The minimum Gasteiger partial charge on any atom is -0.459 e. The molecule has 0 saturated heterocycles. The lowest BCUT2D eigenvalue weighted by atomic mass is 9.97. The number of hydrazine groups is 1. The average Bonchev–Trinajstić information content (AvgIpc) is 2.94. The predicted molar refractivity (Wildman–Crippen MR) is 85.9 cm³/mol. The molecule has 0 saturated carbocycles. The molecule has 1 atom stereocenters. The van der Waals surface area contributed by atoms with Gasteiger partial charge in [-0.1, -0.05) is 49.4 Å². The zero-order valence-corrected chi connectivity index (χ0v) is 12.4. The van der Waals surface area contributed by atoms with Crippen molar-refractivity contribution in [1.82, 2.24) is 5.43 Å². The summed E-state index contributed by atoms with van der Waals surface area (Å²) in [5.74, 6) is 6.66. The van der Waals surface area contributed by atoms with Crippen LogP contribution in [0.15, 0.2) is 52.9 Å². The molecule has 0 amide bonds. The second-order valence-corrected chi connectivity index (χ2v) is 5.29. The molecule has 0 radical (unpaired) electrons. The quantitative estimate of drug-likeness (QED) is 0.563. The topological polar surface area (TPSA) is 51.2 Å². The molecule has 3 rings (SSSR count). The highest BCUT2D eigenvalue weighted by molar-refractivity contribution is 5.81. The van der Waals surface area contributed by atoms with Gasteiger partial charge in [-0.3, -0.25) is 5.84 Å². The van der Waals surface area contributed by atoms with E-state index in [4.69, 9.17) is 10.3 Å². The summed E-state index contributed by atoms with van der Waals surface area (Å²) < 4.78 is 6.06. The normalized spacial score (nSPS) is 12.7. The van der Waals surface area contributed by atoms with Gasteiger partial charge in [0.1, 0.15) is 17.4 Å². The number of hydrogen-bond acceptors (Lipinski definition) is 3. The van der Waals surface area contributed by atoms with Crippen LogP contribution in [0.1, 0.15) is 35.4 Å². The van der Waals surface area contributed by atoms with E-state index in [2.05, 4.69) is 55.7 Å². The van der Waals surface area contributed by atoms with Crippen molar-refractivity contribution in [1.29, 1.82) is 0 Å². The molecule has 2 aromatic carbocycles. The van der Waals surface area contributed by atoms with Gasteiger partial charge in [0, 0.05) is 5.39 Å². The number of furan rings is 1. The van der Waals surface area contributed by atoms with Crippen molar-refractivity contribution >= 4 is 11.0 Å². The van der Waals surface area contributed by atoms with E-state index in [0.717, 1.165) is 28.7 Å². The van der Waals surface area contributed by atoms with Crippen LogP contribution in [0.3, 0.4) is 0 Å². The summed E-state index contributed by atoms with van der Waals surface area (Å²) >= 11 is 0. The van der Waals surface area contributed by atoms with E-state index in [1.54, 1.807) is 0 Å². The van der Waals surface area contributed by atoms with Crippen molar-refractivity contribution < 1.29 is 4.42 Å². The molecule has 3 heteroatoms. The van der Waals surface area contributed by atoms with Gasteiger partial charge in [0.15, 0.2) is 0 Å². The van der Waals surface area contributed by atoms with Crippen LogP contribution in [0.4, 0.5) is 0 Å². The lowest BCUT2D eigenvalue weighted by Gasteiger charge is -2.17. The van der Waals surface area contributed by atoms with Crippen molar-refractivity contribution in [3.63, 3.8) is 0 Å². The van der Waals surface area contributed by atoms with Gasteiger partial charge in [-0.25, -0.2) is 5.43 Å². The molecule has 0 aliphatic rings. The van der Waals surface area contributed by atoms with Crippen LogP contribution in [0, 0.1) is 6.92 Å². The molecule has 1 aromatic heterocycles. The lowest BCUT2D eigenvalue weighted by molar-refractivity contribution is 0.474. The largest absolute Gasteiger partial charge is 0.459 e. The minimum atomic E-state index is -0.132. The summed E-state index contributed by atoms with van der Waals surface area (Å²) in [6, 6.07) is 16.4. The molecular formula is C18H20N2O. The van der Waals surface area contributed by atoms with Gasteiger partial charge >= 0.3 is 0 Å². The van der Waals surface area contributed by atoms with Gasteiger partial charge in [0.25, 0.3) is 0 Å². The fourth-order valence-corrected chi connectivity index (χ4v) is 2.83. The van der Waals surface area contributed by atoms with Crippen LogP contribution in [0.2, 0.25) is 0 Å². The Labute approximate surface area is 124 Å².